The molecule has 0 saturated heterocycles. The summed E-state index contributed by atoms with van der Waals surface area (Å²) < 4.78 is 27.3. The summed E-state index contributed by atoms with van der Waals surface area (Å²) in [6.45, 7) is 5.33. The van der Waals surface area contributed by atoms with Crippen LogP contribution in [0.2, 0.25) is 0 Å². The topological polar surface area (TPSA) is 154 Å². The van der Waals surface area contributed by atoms with Gasteiger partial charge in [-0.2, -0.15) is 0 Å². The number of benzene rings is 4. The van der Waals surface area contributed by atoms with Gasteiger partial charge in [0.2, 0.25) is 10.0 Å². The highest BCUT2D eigenvalue weighted by atomic mass is 32.2. The van der Waals surface area contributed by atoms with Gasteiger partial charge in [-0.3, -0.25) is 19.1 Å². The van der Waals surface area contributed by atoms with E-state index in [4.69, 9.17) is 0 Å². The highest BCUT2D eigenvalue weighted by Gasteiger charge is 2.24. The maximum absolute atomic E-state index is 13.8. The second-order valence-electron chi connectivity index (χ2n) is 11.6. The van der Waals surface area contributed by atoms with Crippen LogP contribution < -0.4 is 20.7 Å². The summed E-state index contributed by atoms with van der Waals surface area (Å²) in [6.07, 6.45) is -0.722. The number of Topliss-reactive ketones (excluding diaryl/α,β-unsaturated/α-hetero) is 1. The summed E-state index contributed by atoms with van der Waals surface area (Å²) in [7, 11) is -3.72. The van der Waals surface area contributed by atoms with Gasteiger partial charge in [0.15, 0.2) is 5.78 Å². The van der Waals surface area contributed by atoms with Crippen LogP contribution in [0.5, 0.6) is 0 Å². The fourth-order valence-electron chi connectivity index (χ4n) is 5.12. The van der Waals surface area contributed by atoms with Crippen molar-refractivity contribution in [2.75, 3.05) is 17.0 Å². The summed E-state index contributed by atoms with van der Waals surface area (Å²) >= 11 is 0. The van der Waals surface area contributed by atoms with Crippen LogP contribution in [0.4, 0.5) is 5.69 Å². The number of aliphatic hydroxyl groups excluding tert-OH is 1. The minimum atomic E-state index is -3.72. The van der Waals surface area contributed by atoms with Gasteiger partial charge in [0, 0.05) is 29.8 Å². The van der Waals surface area contributed by atoms with Crippen LogP contribution in [0.1, 0.15) is 74.6 Å². The Hall–Kier alpha value is -4.84. The first kappa shape index (κ1) is 36.0. The van der Waals surface area contributed by atoms with Gasteiger partial charge >= 0.3 is 0 Å². The number of carbonyl (C=O) groups is 3. The minimum Gasteiger partial charge on any atom is -0.390 e. The molecule has 4 aromatic carbocycles. The van der Waals surface area contributed by atoms with E-state index in [1.165, 1.54) is 32.0 Å². The summed E-state index contributed by atoms with van der Waals surface area (Å²) in [5.41, 5.74) is 3.43. The lowest BCUT2D eigenvalue weighted by Gasteiger charge is -2.25. The molecule has 5 N–H and O–H groups in total. The highest BCUT2D eigenvalue weighted by Crippen LogP contribution is 2.20. The number of sulfonamides is 1. The first-order valence-electron chi connectivity index (χ1n) is 15.8. The monoisotopic (exact) mass is 670 g/mol. The number of carbonyl (C=O) groups excluding carboxylic acids is 3. The van der Waals surface area contributed by atoms with E-state index in [9.17, 15) is 27.9 Å². The molecule has 4 rings (SSSR count). The van der Waals surface area contributed by atoms with Crippen LogP contribution in [0.15, 0.2) is 103 Å². The third-order valence-corrected chi connectivity index (χ3v) is 9.16. The second kappa shape index (κ2) is 16.8. The van der Waals surface area contributed by atoms with Gasteiger partial charge in [0.1, 0.15) is 0 Å². The second-order valence-corrected chi connectivity index (χ2v) is 13.6. The van der Waals surface area contributed by atoms with E-state index in [1.54, 1.807) is 18.2 Å². The van der Waals surface area contributed by atoms with Crippen LogP contribution in [-0.2, 0) is 23.0 Å². The molecule has 10 nitrogen and oxygen atoms in total. The normalized spacial score (nSPS) is 13.2. The van der Waals surface area contributed by atoms with Gasteiger partial charge in [-0.05, 0) is 68.1 Å². The standard InChI is InChI=1S/C37H42N4O6S/c1-4-48(46,47)41-33-21-31(36(44)39-25(2)29-15-9-6-10-16-29)20-32(22-33)37(45)40-34(19-27-12-7-5-8-13-27)35(43)24-38-23-28-14-11-17-30(18-28)26(3)42/h5-18,20-22,25,34-35,38,41,43H,4,19,23-24H2,1-3H3,(H,39,44)(H,40,45)/t25-,34+,35-/m1/s1. The van der Waals surface area contributed by atoms with Crippen LogP contribution in [0.3, 0.4) is 0 Å². The molecule has 0 aliphatic carbocycles. The summed E-state index contributed by atoms with van der Waals surface area (Å²) in [6, 6.07) is 29.0. The molecule has 0 aliphatic rings. The largest absolute Gasteiger partial charge is 0.390 e. The molecule has 4 aromatic rings. The van der Waals surface area contributed by atoms with Crippen molar-refractivity contribution in [3.05, 3.63) is 137 Å². The highest BCUT2D eigenvalue weighted by molar-refractivity contribution is 7.92. The number of hydrogen-bond acceptors (Lipinski definition) is 7. The van der Waals surface area contributed by atoms with E-state index in [2.05, 4.69) is 20.7 Å². The fraction of sp³-hybridized carbons (Fsp3) is 0.270. The van der Waals surface area contributed by atoms with Crippen molar-refractivity contribution in [3.63, 3.8) is 0 Å². The van der Waals surface area contributed by atoms with Crippen LogP contribution in [-0.4, -0.2) is 55.6 Å². The Morgan fingerprint density at radius 1 is 0.750 bits per heavy atom. The Bertz CT molecular complexity index is 1820. The number of nitrogens with one attached hydrogen (secondary N) is 4. The number of hydrogen-bond donors (Lipinski definition) is 5. The zero-order chi connectivity index (χ0) is 34.7. The third kappa shape index (κ3) is 10.6. The molecule has 252 valence electrons. The van der Waals surface area contributed by atoms with Crippen molar-refractivity contribution in [3.8, 4) is 0 Å². The van der Waals surface area contributed by atoms with Gasteiger partial charge < -0.3 is 21.1 Å². The van der Waals surface area contributed by atoms with E-state index < -0.39 is 34.0 Å². The van der Waals surface area contributed by atoms with E-state index in [0.29, 0.717) is 18.5 Å². The first-order chi connectivity index (χ1) is 22.9. The molecular formula is C37H42N4O6S. The molecule has 0 aliphatic heterocycles. The van der Waals surface area contributed by atoms with Crippen LogP contribution in [0, 0.1) is 0 Å². The van der Waals surface area contributed by atoms with E-state index >= 15 is 0 Å². The molecule has 0 aromatic heterocycles. The third-order valence-electron chi connectivity index (χ3n) is 7.85. The van der Waals surface area contributed by atoms with Crippen LogP contribution in [0.25, 0.3) is 0 Å². The Morgan fingerprint density at radius 2 is 1.35 bits per heavy atom. The average molecular weight is 671 g/mol. The number of ketones is 1. The Kier molecular flexibility index (Phi) is 12.6. The van der Waals surface area contributed by atoms with E-state index in [1.807, 2.05) is 73.7 Å². The lowest BCUT2D eigenvalue weighted by atomic mass is 9.99. The number of rotatable bonds is 16. The van der Waals surface area contributed by atoms with Crippen molar-refractivity contribution in [1.29, 1.82) is 0 Å². The smallest absolute Gasteiger partial charge is 0.251 e. The molecular weight excluding hydrogens is 628 g/mol. The van der Waals surface area contributed by atoms with Gasteiger partial charge in [-0.25, -0.2) is 8.42 Å². The average Bonchev–Trinajstić information content (AvgIpc) is 3.08. The molecule has 0 heterocycles. The molecule has 48 heavy (non-hydrogen) atoms. The van der Waals surface area contributed by atoms with Crippen molar-refractivity contribution >= 4 is 33.3 Å². The Morgan fingerprint density at radius 3 is 1.98 bits per heavy atom. The summed E-state index contributed by atoms with van der Waals surface area (Å²) in [5, 5.41) is 20.3. The Labute approximate surface area is 282 Å². The quantitative estimate of drug-likeness (QED) is 0.109. The zero-order valence-electron chi connectivity index (χ0n) is 27.3. The molecule has 0 unspecified atom stereocenters. The lowest BCUT2D eigenvalue weighted by molar-refractivity contribution is 0.0830. The SMILES string of the molecule is CCS(=O)(=O)Nc1cc(C(=O)N[C@@H](Cc2ccccc2)[C@H](O)CNCc2cccc(C(C)=O)c2)cc(C(=O)N[C@H](C)c2ccccc2)c1. The van der Waals surface area contributed by atoms with Crippen molar-refractivity contribution < 1.29 is 27.9 Å². The van der Waals surface area contributed by atoms with Crippen molar-refractivity contribution in [1.82, 2.24) is 16.0 Å². The van der Waals surface area contributed by atoms with E-state index in [-0.39, 0.29) is 40.9 Å². The number of anilines is 1. The first-order valence-corrected chi connectivity index (χ1v) is 17.4. The van der Waals surface area contributed by atoms with Gasteiger partial charge in [-0.1, -0.05) is 78.9 Å². The number of amides is 2. The number of aliphatic hydroxyl groups is 1. The molecule has 11 heteroatoms. The molecule has 3 atom stereocenters. The fourth-order valence-corrected chi connectivity index (χ4v) is 5.74. The molecule has 0 spiro atoms. The molecule has 0 saturated carbocycles. The molecule has 0 fully saturated rings. The molecule has 2 amide bonds. The molecule has 0 radical (unpaired) electrons. The van der Waals surface area contributed by atoms with Crippen molar-refractivity contribution in [2.45, 2.75) is 51.9 Å². The summed E-state index contributed by atoms with van der Waals surface area (Å²) in [4.78, 5) is 38.9. The van der Waals surface area contributed by atoms with Gasteiger partial charge in [0.05, 0.1) is 29.6 Å². The maximum atomic E-state index is 13.8. The molecule has 0 bridgehead atoms. The Balaban J connectivity index is 1.56. The van der Waals surface area contributed by atoms with Crippen LogP contribution >= 0.6 is 0 Å². The van der Waals surface area contributed by atoms with Gasteiger partial charge in [-0.15, -0.1) is 0 Å². The van der Waals surface area contributed by atoms with Gasteiger partial charge in [0.25, 0.3) is 11.8 Å². The predicted molar refractivity (Wildman–Crippen MR) is 187 cm³/mol. The van der Waals surface area contributed by atoms with E-state index in [0.717, 1.165) is 16.7 Å². The summed E-state index contributed by atoms with van der Waals surface area (Å²) in [5.74, 6) is -1.32. The minimum absolute atomic E-state index is 0.0413. The van der Waals surface area contributed by atoms with Crippen molar-refractivity contribution in [2.24, 2.45) is 0 Å². The lowest BCUT2D eigenvalue weighted by Crippen LogP contribution is -2.48. The zero-order valence-corrected chi connectivity index (χ0v) is 28.1. The maximum Gasteiger partial charge on any atom is 0.251 e. The predicted octanol–water partition coefficient (Wildman–Crippen LogP) is 4.63.